The van der Waals surface area contributed by atoms with E-state index in [1.54, 1.807) is 18.2 Å². The average Bonchev–Trinajstić information content (AvgIpc) is 2.97. The number of imidazole rings is 1. The summed E-state index contributed by atoms with van der Waals surface area (Å²) in [6, 6.07) is 9.21. The van der Waals surface area contributed by atoms with Gasteiger partial charge in [-0.25, -0.2) is 4.98 Å². The standard InChI is InChI=1S/C19H15F6N3O/c1-11(18(20,21)22)9-15(29)27-17-16(28-8-3-2-7-14(28)26-17)12-5-4-6-13(10-12)19(23,24)25/h2-8,10-11H,9H2,1H3,(H,27,29). The third-order valence-electron chi connectivity index (χ3n) is 4.30. The van der Waals surface area contributed by atoms with Crippen LogP contribution < -0.4 is 5.32 Å². The smallest absolute Gasteiger partial charge is 0.309 e. The van der Waals surface area contributed by atoms with Gasteiger partial charge in [-0.1, -0.05) is 25.1 Å². The summed E-state index contributed by atoms with van der Waals surface area (Å²) in [5.74, 6) is -2.93. The van der Waals surface area contributed by atoms with Crippen molar-refractivity contribution in [3.63, 3.8) is 0 Å². The third-order valence-corrected chi connectivity index (χ3v) is 4.30. The van der Waals surface area contributed by atoms with Gasteiger partial charge in [0.2, 0.25) is 5.91 Å². The number of benzene rings is 1. The highest BCUT2D eigenvalue weighted by Gasteiger charge is 2.37. The second kappa shape index (κ2) is 7.41. The van der Waals surface area contributed by atoms with E-state index in [-0.39, 0.29) is 17.1 Å². The Balaban J connectivity index is 2.03. The van der Waals surface area contributed by atoms with Gasteiger partial charge in [-0.3, -0.25) is 9.20 Å². The van der Waals surface area contributed by atoms with Gasteiger partial charge < -0.3 is 5.32 Å². The van der Waals surface area contributed by atoms with E-state index < -0.39 is 36.2 Å². The predicted octanol–water partition coefficient (Wildman–Crippen LogP) is 5.55. The highest BCUT2D eigenvalue weighted by Crippen LogP contribution is 2.35. The quantitative estimate of drug-likeness (QED) is 0.568. The number of pyridine rings is 1. The van der Waals surface area contributed by atoms with Gasteiger partial charge >= 0.3 is 12.4 Å². The van der Waals surface area contributed by atoms with E-state index in [1.807, 2.05) is 0 Å². The Morgan fingerprint density at radius 3 is 2.48 bits per heavy atom. The molecule has 0 aliphatic heterocycles. The van der Waals surface area contributed by atoms with E-state index in [0.29, 0.717) is 5.65 Å². The molecular weight excluding hydrogens is 400 g/mol. The Morgan fingerprint density at radius 2 is 1.83 bits per heavy atom. The lowest BCUT2D eigenvalue weighted by atomic mass is 10.1. The second-order valence-corrected chi connectivity index (χ2v) is 6.51. The summed E-state index contributed by atoms with van der Waals surface area (Å²) in [5, 5.41) is 2.31. The lowest BCUT2D eigenvalue weighted by Gasteiger charge is -2.15. The van der Waals surface area contributed by atoms with Crippen molar-refractivity contribution < 1.29 is 31.1 Å². The van der Waals surface area contributed by atoms with Crippen molar-refractivity contribution in [3.05, 3.63) is 54.2 Å². The molecule has 0 bridgehead atoms. The van der Waals surface area contributed by atoms with Crippen LogP contribution in [0.25, 0.3) is 16.9 Å². The normalized spacial score (nSPS) is 13.5. The van der Waals surface area contributed by atoms with Gasteiger partial charge in [0.1, 0.15) is 5.65 Å². The number of amides is 1. The van der Waals surface area contributed by atoms with Gasteiger partial charge in [0.15, 0.2) is 5.82 Å². The lowest BCUT2D eigenvalue weighted by molar-refractivity contribution is -0.173. The number of carbonyl (C=O) groups is 1. The number of hydrogen-bond donors (Lipinski definition) is 1. The number of nitrogens with one attached hydrogen (secondary N) is 1. The van der Waals surface area contributed by atoms with Crippen molar-refractivity contribution in [3.8, 4) is 11.3 Å². The first-order valence-electron chi connectivity index (χ1n) is 8.48. The predicted molar refractivity (Wildman–Crippen MR) is 94.1 cm³/mol. The van der Waals surface area contributed by atoms with Crippen molar-refractivity contribution in [2.45, 2.75) is 25.7 Å². The van der Waals surface area contributed by atoms with Gasteiger partial charge in [0.05, 0.1) is 17.2 Å². The molecule has 10 heteroatoms. The highest BCUT2D eigenvalue weighted by atomic mass is 19.4. The summed E-state index contributed by atoms with van der Waals surface area (Å²) in [5.41, 5.74) is -0.333. The summed E-state index contributed by atoms with van der Waals surface area (Å²) in [6.45, 7) is 0.872. The van der Waals surface area contributed by atoms with Crippen LogP contribution in [0, 0.1) is 5.92 Å². The zero-order valence-electron chi connectivity index (χ0n) is 15.0. The van der Waals surface area contributed by atoms with E-state index in [0.717, 1.165) is 19.1 Å². The maximum Gasteiger partial charge on any atom is 0.416 e. The van der Waals surface area contributed by atoms with E-state index in [1.165, 1.54) is 22.7 Å². The molecule has 0 saturated heterocycles. The minimum absolute atomic E-state index is 0.109. The van der Waals surface area contributed by atoms with Crippen LogP contribution in [0.2, 0.25) is 0 Å². The summed E-state index contributed by atoms with van der Waals surface area (Å²) in [7, 11) is 0. The minimum Gasteiger partial charge on any atom is -0.309 e. The molecule has 3 rings (SSSR count). The first kappa shape index (κ1) is 20.7. The Hall–Kier alpha value is -3.04. The number of carbonyl (C=O) groups excluding carboxylic acids is 1. The van der Waals surface area contributed by atoms with Crippen LogP contribution >= 0.6 is 0 Å². The van der Waals surface area contributed by atoms with Gasteiger partial charge in [0.25, 0.3) is 0 Å². The molecule has 0 radical (unpaired) electrons. The Morgan fingerprint density at radius 1 is 1.10 bits per heavy atom. The molecule has 154 valence electrons. The van der Waals surface area contributed by atoms with Crippen LogP contribution in [0.5, 0.6) is 0 Å². The molecule has 2 aromatic heterocycles. The number of nitrogens with zero attached hydrogens (tertiary/aromatic N) is 2. The van der Waals surface area contributed by atoms with E-state index in [4.69, 9.17) is 0 Å². The molecule has 4 nitrogen and oxygen atoms in total. The summed E-state index contributed by atoms with van der Waals surface area (Å²) in [4.78, 5) is 16.3. The molecule has 0 aliphatic carbocycles. The maximum atomic E-state index is 13.1. The number of aromatic nitrogens is 2. The number of alkyl halides is 6. The zero-order valence-corrected chi connectivity index (χ0v) is 15.0. The number of hydrogen-bond acceptors (Lipinski definition) is 2. The largest absolute Gasteiger partial charge is 0.416 e. The fourth-order valence-corrected chi connectivity index (χ4v) is 2.78. The van der Waals surface area contributed by atoms with E-state index in [2.05, 4.69) is 10.3 Å². The Labute approximate surface area is 161 Å². The van der Waals surface area contributed by atoms with Gasteiger partial charge in [-0.2, -0.15) is 26.3 Å². The third kappa shape index (κ3) is 4.52. The van der Waals surface area contributed by atoms with Crippen LogP contribution in [0.15, 0.2) is 48.7 Å². The molecule has 1 atom stereocenters. The van der Waals surface area contributed by atoms with Crippen molar-refractivity contribution in [1.29, 1.82) is 0 Å². The minimum atomic E-state index is -4.58. The molecule has 1 N–H and O–H groups in total. The Kier molecular flexibility index (Phi) is 5.29. The number of rotatable bonds is 4. The number of halogens is 6. The van der Waals surface area contributed by atoms with Crippen molar-refractivity contribution in [1.82, 2.24) is 9.38 Å². The second-order valence-electron chi connectivity index (χ2n) is 6.51. The van der Waals surface area contributed by atoms with Crippen molar-refractivity contribution in [2.75, 3.05) is 5.32 Å². The fourth-order valence-electron chi connectivity index (χ4n) is 2.78. The fraction of sp³-hybridized carbons (Fsp3) is 0.263. The molecule has 1 aromatic carbocycles. The summed E-state index contributed by atoms with van der Waals surface area (Å²) in [6.07, 6.45) is -8.42. The molecule has 1 unspecified atom stereocenters. The van der Waals surface area contributed by atoms with Crippen LogP contribution in [-0.4, -0.2) is 21.5 Å². The first-order chi connectivity index (χ1) is 13.5. The average molecular weight is 415 g/mol. The maximum absolute atomic E-state index is 13.1. The van der Waals surface area contributed by atoms with Crippen molar-refractivity contribution >= 4 is 17.4 Å². The van der Waals surface area contributed by atoms with Crippen LogP contribution in [0.3, 0.4) is 0 Å². The first-order valence-corrected chi connectivity index (χ1v) is 8.48. The highest BCUT2D eigenvalue weighted by molar-refractivity contribution is 5.94. The topological polar surface area (TPSA) is 46.4 Å². The Bertz CT molecular complexity index is 1040. The molecule has 29 heavy (non-hydrogen) atoms. The van der Waals surface area contributed by atoms with E-state index in [9.17, 15) is 31.1 Å². The molecule has 0 fully saturated rings. The lowest BCUT2D eigenvalue weighted by Crippen LogP contribution is -2.25. The summed E-state index contributed by atoms with van der Waals surface area (Å²) >= 11 is 0. The zero-order chi connectivity index (χ0) is 21.4. The van der Waals surface area contributed by atoms with Crippen LogP contribution in [-0.2, 0) is 11.0 Å². The molecule has 1 amide bonds. The number of fused-ring (bicyclic) bond motifs is 1. The van der Waals surface area contributed by atoms with Crippen molar-refractivity contribution in [2.24, 2.45) is 5.92 Å². The summed E-state index contributed by atoms with van der Waals surface area (Å²) < 4.78 is 78.9. The van der Waals surface area contributed by atoms with Gasteiger partial charge in [-0.05, 0) is 24.3 Å². The number of anilines is 1. The van der Waals surface area contributed by atoms with Crippen LogP contribution in [0.1, 0.15) is 18.9 Å². The molecule has 0 spiro atoms. The monoisotopic (exact) mass is 415 g/mol. The molecule has 0 aliphatic rings. The van der Waals surface area contributed by atoms with E-state index >= 15 is 0 Å². The van der Waals surface area contributed by atoms with Gasteiger partial charge in [0, 0.05) is 18.2 Å². The molecular formula is C19H15F6N3O. The van der Waals surface area contributed by atoms with Crippen LogP contribution in [0.4, 0.5) is 32.2 Å². The molecule has 2 heterocycles. The molecule has 0 saturated carbocycles. The molecule has 3 aromatic rings. The van der Waals surface area contributed by atoms with Gasteiger partial charge in [-0.15, -0.1) is 0 Å². The SMILES string of the molecule is CC(CC(=O)Nc1nc2ccccn2c1-c1cccc(C(F)(F)F)c1)C(F)(F)F.